The molecule has 10 heavy (non-hydrogen) atoms. The summed E-state index contributed by atoms with van der Waals surface area (Å²) in [5, 5.41) is -0.440. The maximum Gasteiger partial charge on any atom is 0.236 e. The van der Waals surface area contributed by atoms with Crippen molar-refractivity contribution >= 4 is 16.8 Å². The summed E-state index contributed by atoms with van der Waals surface area (Å²) < 4.78 is 0. The Bertz CT molecular complexity index is 214. The average Bonchev–Trinajstić information content (AvgIpc) is 1.89. The van der Waals surface area contributed by atoms with Gasteiger partial charge in [-0.25, -0.2) is 0 Å². The highest BCUT2D eigenvalue weighted by Crippen LogP contribution is 2.04. The molecular weight excluding hydrogens is 148 g/mol. The number of carbonyl (C=O) groups is 1. The highest BCUT2D eigenvalue weighted by atomic mass is 35.5. The molecule has 1 unspecified atom stereocenters. The van der Waals surface area contributed by atoms with E-state index in [-0.39, 0.29) is 0 Å². The summed E-state index contributed by atoms with van der Waals surface area (Å²) in [5.41, 5.74) is 0. The highest BCUT2D eigenvalue weighted by Gasteiger charge is 2.08. The van der Waals surface area contributed by atoms with Crippen molar-refractivity contribution in [2.45, 2.75) is 13.3 Å². The van der Waals surface area contributed by atoms with Gasteiger partial charge >= 0.3 is 0 Å². The fraction of sp³-hybridized carbons (Fsp3) is 0.375. The molecule has 52 valence electrons. The number of hydrogen-bond donors (Lipinski definition) is 0. The van der Waals surface area contributed by atoms with Gasteiger partial charge < -0.3 is 0 Å². The second-order valence-electron chi connectivity index (χ2n) is 1.68. The molecule has 0 aromatic rings. The van der Waals surface area contributed by atoms with Gasteiger partial charge in [0, 0.05) is 0 Å². The van der Waals surface area contributed by atoms with Crippen molar-refractivity contribution in [3.63, 3.8) is 0 Å². The molecule has 0 radical (unpaired) electrons. The Morgan fingerprint density at radius 3 is 2.70 bits per heavy atom. The average molecular weight is 155 g/mol. The van der Waals surface area contributed by atoms with Crippen molar-refractivity contribution in [2.24, 2.45) is 5.92 Å². The number of halogens is 1. The summed E-state index contributed by atoms with van der Waals surface area (Å²) in [6, 6.07) is 0. The first-order valence-corrected chi connectivity index (χ1v) is 3.25. The van der Waals surface area contributed by atoms with Gasteiger partial charge in [0.25, 0.3) is 0 Å². The van der Waals surface area contributed by atoms with E-state index in [1.165, 1.54) is 0 Å². The third-order valence-corrected chi connectivity index (χ3v) is 1.26. The molecule has 0 aromatic carbocycles. The summed E-state index contributed by atoms with van der Waals surface area (Å²) >= 11 is 5.17. The summed E-state index contributed by atoms with van der Waals surface area (Å²) in [4.78, 5) is 10.5. The Morgan fingerprint density at radius 2 is 2.40 bits per heavy atom. The lowest BCUT2D eigenvalue weighted by Gasteiger charge is -1.96. The SMILES string of the molecule is C#CC#CC(CC)C(=O)Cl. The maximum absolute atomic E-state index is 10.5. The van der Waals surface area contributed by atoms with Crippen molar-refractivity contribution in [1.82, 2.24) is 0 Å². The van der Waals surface area contributed by atoms with Gasteiger partial charge in [0.2, 0.25) is 5.24 Å². The molecule has 0 fully saturated rings. The third kappa shape index (κ3) is 3.17. The van der Waals surface area contributed by atoms with Crippen LogP contribution in [0.2, 0.25) is 0 Å². The minimum atomic E-state index is -0.440. The molecule has 0 saturated heterocycles. The van der Waals surface area contributed by atoms with Gasteiger partial charge in [-0.15, -0.1) is 6.42 Å². The first-order valence-electron chi connectivity index (χ1n) is 2.87. The topological polar surface area (TPSA) is 17.1 Å². The third-order valence-electron chi connectivity index (χ3n) is 1.00. The lowest BCUT2D eigenvalue weighted by Crippen LogP contribution is -2.03. The van der Waals surface area contributed by atoms with Crippen molar-refractivity contribution in [3.05, 3.63) is 0 Å². The van der Waals surface area contributed by atoms with Crippen molar-refractivity contribution in [1.29, 1.82) is 0 Å². The smallest absolute Gasteiger partial charge is 0.236 e. The summed E-state index contributed by atoms with van der Waals surface area (Å²) in [7, 11) is 0. The minimum Gasteiger partial charge on any atom is -0.280 e. The van der Waals surface area contributed by atoms with Crippen LogP contribution in [0.3, 0.4) is 0 Å². The molecule has 0 aliphatic heterocycles. The molecule has 0 N–H and O–H groups in total. The van der Waals surface area contributed by atoms with Crippen molar-refractivity contribution in [2.75, 3.05) is 0 Å². The van der Waals surface area contributed by atoms with Gasteiger partial charge in [-0.1, -0.05) is 12.8 Å². The van der Waals surface area contributed by atoms with Gasteiger partial charge in [-0.05, 0) is 29.9 Å². The van der Waals surface area contributed by atoms with E-state index in [0.717, 1.165) is 0 Å². The van der Waals surface area contributed by atoms with E-state index in [1.807, 2.05) is 6.92 Å². The Morgan fingerprint density at radius 1 is 1.80 bits per heavy atom. The van der Waals surface area contributed by atoms with Gasteiger partial charge in [-0.2, -0.15) is 0 Å². The van der Waals surface area contributed by atoms with Crippen LogP contribution in [-0.4, -0.2) is 5.24 Å². The quantitative estimate of drug-likeness (QED) is 0.434. The predicted octanol–water partition coefficient (Wildman–Crippen LogP) is 1.41. The van der Waals surface area contributed by atoms with Crippen LogP contribution in [0.1, 0.15) is 13.3 Å². The fourth-order valence-electron chi connectivity index (χ4n) is 0.448. The first kappa shape index (κ1) is 9.08. The molecule has 0 aliphatic rings. The van der Waals surface area contributed by atoms with E-state index in [9.17, 15) is 4.79 Å². The highest BCUT2D eigenvalue weighted by molar-refractivity contribution is 6.64. The van der Waals surface area contributed by atoms with Crippen LogP contribution >= 0.6 is 11.6 Å². The Hall–Kier alpha value is -0.920. The van der Waals surface area contributed by atoms with E-state index in [2.05, 4.69) is 17.8 Å². The zero-order valence-corrected chi connectivity index (χ0v) is 6.40. The van der Waals surface area contributed by atoms with E-state index in [0.29, 0.717) is 6.42 Å². The molecule has 0 bridgehead atoms. The minimum absolute atomic E-state index is 0.405. The number of hydrogen-bond acceptors (Lipinski definition) is 1. The van der Waals surface area contributed by atoms with Gasteiger partial charge in [0.1, 0.15) is 0 Å². The molecule has 0 heterocycles. The molecule has 1 atom stereocenters. The predicted molar refractivity (Wildman–Crippen MR) is 41.3 cm³/mol. The monoisotopic (exact) mass is 154 g/mol. The lowest BCUT2D eigenvalue weighted by atomic mass is 10.1. The van der Waals surface area contributed by atoms with Crippen molar-refractivity contribution < 1.29 is 4.79 Å². The zero-order valence-electron chi connectivity index (χ0n) is 5.65. The normalized spacial score (nSPS) is 10.5. The first-order chi connectivity index (χ1) is 4.72. The van der Waals surface area contributed by atoms with E-state index in [4.69, 9.17) is 18.0 Å². The standard InChI is InChI=1S/C8H7ClO/c1-3-5-6-7(4-2)8(9)10/h1,7H,4H2,2H3. The molecule has 0 aliphatic carbocycles. The largest absolute Gasteiger partial charge is 0.280 e. The second kappa shape index (κ2) is 4.91. The van der Waals surface area contributed by atoms with Gasteiger partial charge in [0.15, 0.2) is 0 Å². The molecular formula is C8H7ClO. The number of terminal acetylenes is 1. The summed E-state index contributed by atoms with van der Waals surface area (Å²) in [6.07, 6.45) is 5.46. The molecule has 0 spiro atoms. The lowest BCUT2D eigenvalue weighted by molar-refractivity contribution is -0.113. The Balaban J connectivity index is 4.12. The second-order valence-corrected chi connectivity index (χ2v) is 2.05. The van der Waals surface area contributed by atoms with Crippen LogP contribution in [0.25, 0.3) is 0 Å². The van der Waals surface area contributed by atoms with E-state index < -0.39 is 11.2 Å². The number of rotatable bonds is 2. The molecule has 0 saturated carbocycles. The van der Waals surface area contributed by atoms with E-state index in [1.54, 1.807) is 0 Å². The van der Waals surface area contributed by atoms with Crippen molar-refractivity contribution in [3.8, 4) is 24.2 Å². The van der Waals surface area contributed by atoms with Crippen LogP contribution in [0.15, 0.2) is 0 Å². The maximum atomic E-state index is 10.5. The number of carbonyl (C=O) groups excluding carboxylic acids is 1. The van der Waals surface area contributed by atoms with Gasteiger partial charge in [-0.3, -0.25) is 4.79 Å². The van der Waals surface area contributed by atoms with Crippen LogP contribution in [0.4, 0.5) is 0 Å². The molecule has 0 aromatic heterocycles. The molecule has 1 nitrogen and oxygen atoms in total. The molecule has 2 heteroatoms. The summed E-state index contributed by atoms with van der Waals surface area (Å²) in [5.74, 6) is 6.61. The summed E-state index contributed by atoms with van der Waals surface area (Å²) in [6.45, 7) is 1.83. The fourth-order valence-corrected chi connectivity index (χ4v) is 0.657. The molecule has 0 amide bonds. The Labute approximate surface area is 65.8 Å². The van der Waals surface area contributed by atoms with Crippen LogP contribution in [0.5, 0.6) is 0 Å². The zero-order chi connectivity index (χ0) is 7.98. The van der Waals surface area contributed by atoms with Crippen LogP contribution in [-0.2, 0) is 4.79 Å². The Kier molecular flexibility index (Phi) is 4.46. The molecule has 0 rings (SSSR count). The van der Waals surface area contributed by atoms with Gasteiger partial charge in [0.05, 0.1) is 5.92 Å². The van der Waals surface area contributed by atoms with E-state index >= 15 is 0 Å². The van der Waals surface area contributed by atoms with Crippen LogP contribution < -0.4 is 0 Å². The van der Waals surface area contributed by atoms with Crippen LogP contribution in [0, 0.1) is 30.1 Å².